The molecular weight excluding hydrogens is 417 g/mol. The number of hydrogen-bond acceptors (Lipinski definition) is 4. The monoisotopic (exact) mass is 431 g/mol. The zero-order valence-corrected chi connectivity index (χ0v) is 16.6. The summed E-state index contributed by atoms with van der Waals surface area (Å²) in [4.78, 5) is 43.0. The Hall–Kier alpha value is -3.36. The molecule has 0 bridgehead atoms. The van der Waals surface area contributed by atoms with Gasteiger partial charge in [-0.15, -0.1) is 0 Å². The maximum Gasteiger partial charge on any atom is 0.276 e. The van der Waals surface area contributed by atoms with E-state index >= 15 is 0 Å². The van der Waals surface area contributed by atoms with E-state index in [2.05, 4.69) is 25.9 Å². The van der Waals surface area contributed by atoms with Crippen molar-refractivity contribution in [1.29, 1.82) is 0 Å². The van der Waals surface area contributed by atoms with E-state index in [1.165, 1.54) is 19.4 Å². The van der Waals surface area contributed by atoms with Gasteiger partial charge in [0.2, 0.25) is 0 Å². The molecule has 29 heavy (non-hydrogen) atoms. The van der Waals surface area contributed by atoms with Crippen molar-refractivity contribution in [2.45, 2.75) is 0 Å². The molecule has 0 saturated heterocycles. The normalized spacial score (nSPS) is 10.3. The molecular formula is C19H15Cl2N5O3. The minimum Gasteiger partial charge on any atom is -0.354 e. The van der Waals surface area contributed by atoms with Crippen LogP contribution >= 0.6 is 23.2 Å². The van der Waals surface area contributed by atoms with Crippen LogP contribution in [-0.2, 0) is 0 Å². The van der Waals surface area contributed by atoms with E-state index in [-0.39, 0.29) is 22.0 Å². The first-order valence-corrected chi connectivity index (χ1v) is 9.08. The Morgan fingerprint density at radius 3 is 2.14 bits per heavy atom. The topological polar surface area (TPSA) is 116 Å². The van der Waals surface area contributed by atoms with Crippen LogP contribution in [0.1, 0.15) is 31.3 Å². The lowest BCUT2D eigenvalue weighted by molar-refractivity contribution is 0.0943. The van der Waals surface area contributed by atoms with E-state index in [4.69, 9.17) is 23.2 Å². The summed E-state index contributed by atoms with van der Waals surface area (Å²) in [5.74, 6) is -1.42. The number of amides is 3. The number of anilines is 2. The second kappa shape index (κ2) is 8.76. The predicted octanol–water partition coefficient (Wildman–Crippen LogP) is 3.58. The first kappa shape index (κ1) is 20.4. The van der Waals surface area contributed by atoms with Crippen LogP contribution in [0.4, 0.5) is 11.4 Å². The number of imidazole rings is 1. The molecule has 3 aromatic rings. The van der Waals surface area contributed by atoms with E-state index in [1.54, 1.807) is 36.4 Å². The summed E-state index contributed by atoms with van der Waals surface area (Å²) in [5, 5.41) is 8.44. The van der Waals surface area contributed by atoms with Gasteiger partial charge in [0, 0.05) is 23.4 Å². The van der Waals surface area contributed by atoms with Crippen molar-refractivity contribution in [3.63, 3.8) is 0 Å². The first-order chi connectivity index (χ1) is 13.9. The van der Waals surface area contributed by atoms with Crippen molar-refractivity contribution in [3.8, 4) is 0 Å². The number of nitrogens with one attached hydrogen (secondary N) is 4. The van der Waals surface area contributed by atoms with Crippen molar-refractivity contribution < 1.29 is 14.4 Å². The second-order valence-electron chi connectivity index (χ2n) is 5.82. The lowest BCUT2D eigenvalue weighted by Crippen LogP contribution is -2.23. The molecule has 0 fully saturated rings. The van der Waals surface area contributed by atoms with Gasteiger partial charge in [0.25, 0.3) is 17.7 Å². The van der Waals surface area contributed by atoms with Crippen molar-refractivity contribution in [1.82, 2.24) is 15.3 Å². The molecule has 1 aromatic heterocycles. The van der Waals surface area contributed by atoms with Gasteiger partial charge in [0.15, 0.2) is 5.69 Å². The maximum atomic E-state index is 12.4. The number of carbonyl (C=O) groups excluding carboxylic acids is 3. The Labute approximate surface area is 175 Å². The minimum atomic E-state index is -0.549. The number of carbonyl (C=O) groups is 3. The van der Waals surface area contributed by atoms with Gasteiger partial charge in [-0.1, -0.05) is 23.2 Å². The number of nitrogens with zero attached hydrogens (tertiary/aromatic N) is 1. The molecule has 0 aliphatic heterocycles. The number of aromatic nitrogens is 2. The maximum absolute atomic E-state index is 12.4. The molecule has 0 atom stereocenters. The fourth-order valence-electron chi connectivity index (χ4n) is 2.46. The van der Waals surface area contributed by atoms with E-state index in [9.17, 15) is 14.4 Å². The van der Waals surface area contributed by atoms with Gasteiger partial charge in [-0.05, 0) is 42.5 Å². The first-order valence-electron chi connectivity index (χ1n) is 8.32. The third kappa shape index (κ3) is 4.74. The van der Waals surface area contributed by atoms with Crippen LogP contribution in [0.3, 0.4) is 0 Å². The Morgan fingerprint density at radius 2 is 1.52 bits per heavy atom. The van der Waals surface area contributed by atoms with E-state index in [0.717, 1.165) is 0 Å². The summed E-state index contributed by atoms with van der Waals surface area (Å²) in [6.45, 7) is 0. The van der Waals surface area contributed by atoms with Crippen molar-refractivity contribution in [2.24, 2.45) is 0 Å². The Morgan fingerprint density at radius 1 is 0.897 bits per heavy atom. The number of benzene rings is 2. The summed E-state index contributed by atoms with van der Waals surface area (Å²) >= 11 is 11.9. The van der Waals surface area contributed by atoms with Crippen molar-refractivity contribution in [2.75, 3.05) is 17.7 Å². The Bertz CT molecular complexity index is 1080. The molecule has 0 aliphatic rings. The summed E-state index contributed by atoms with van der Waals surface area (Å²) < 4.78 is 0. The Balaban J connectivity index is 1.68. The molecule has 3 rings (SSSR count). The lowest BCUT2D eigenvalue weighted by Gasteiger charge is -2.09. The molecule has 0 spiro atoms. The summed E-state index contributed by atoms with van der Waals surface area (Å²) in [7, 11) is 1.45. The highest BCUT2D eigenvalue weighted by molar-refractivity contribution is 6.36. The summed E-state index contributed by atoms with van der Waals surface area (Å²) in [6, 6.07) is 11.0. The molecule has 0 radical (unpaired) electrons. The summed E-state index contributed by atoms with van der Waals surface area (Å²) in [6.07, 6.45) is 1.26. The van der Waals surface area contributed by atoms with Crippen LogP contribution in [0.15, 0.2) is 48.8 Å². The molecule has 10 heteroatoms. The molecule has 3 amide bonds. The molecule has 1 heterocycles. The molecule has 0 unspecified atom stereocenters. The molecule has 148 valence electrons. The van der Waals surface area contributed by atoms with Crippen LogP contribution in [0, 0.1) is 0 Å². The van der Waals surface area contributed by atoms with Gasteiger partial charge in [0.1, 0.15) is 5.69 Å². The van der Waals surface area contributed by atoms with E-state index < -0.39 is 17.7 Å². The van der Waals surface area contributed by atoms with Gasteiger partial charge in [-0.2, -0.15) is 0 Å². The average molecular weight is 432 g/mol. The van der Waals surface area contributed by atoms with E-state index in [1.807, 2.05) is 0 Å². The number of H-pyrrole nitrogens is 1. The van der Waals surface area contributed by atoms with Crippen LogP contribution in [0.5, 0.6) is 0 Å². The zero-order chi connectivity index (χ0) is 21.0. The highest BCUT2D eigenvalue weighted by atomic mass is 35.5. The highest BCUT2D eigenvalue weighted by Gasteiger charge is 2.19. The third-order valence-electron chi connectivity index (χ3n) is 3.88. The standard InChI is InChI=1S/C19H15Cl2N5O3/c1-22-18(28)15-16(24-9-23-15)19(29)26-12-5-3-11(4-6-12)25-17(27)13-8-10(20)2-7-14(13)21/h2-9H,1H3,(H,22,28)(H,23,24)(H,25,27)(H,26,29). The molecule has 0 saturated carbocycles. The molecule has 2 aromatic carbocycles. The quantitative estimate of drug-likeness (QED) is 0.493. The Kier molecular flexibility index (Phi) is 6.16. The third-order valence-corrected chi connectivity index (χ3v) is 4.45. The minimum absolute atomic E-state index is 0.0303. The van der Waals surface area contributed by atoms with Gasteiger partial charge in [-0.25, -0.2) is 4.98 Å². The average Bonchev–Trinajstić information content (AvgIpc) is 3.20. The van der Waals surface area contributed by atoms with Crippen LogP contribution in [0.2, 0.25) is 10.0 Å². The molecule has 0 aliphatic carbocycles. The molecule has 8 nitrogen and oxygen atoms in total. The molecule has 4 N–H and O–H groups in total. The summed E-state index contributed by atoms with van der Waals surface area (Å²) in [5.41, 5.74) is 1.23. The van der Waals surface area contributed by atoms with Crippen LogP contribution in [-0.4, -0.2) is 34.7 Å². The SMILES string of the molecule is CNC(=O)c1[nH]cnc1C(=O)Nc1ccc(NC(=O)c2cc(Cl)ccc2Cl)cc1. The van der Waals surface area contributed by atoms with Gasteiger partial charge >= 0.3 is 0 Å². The van der Waals surface area contributed by atoms with Gasteiger partial charge in [0.05, 0.1) is 16.9 Å². The zero-order valence-electron chi connectivity index (χ0n) is 15.0. The number of hydrogen-bond donors (Lipinski definition) is 4. The smallest absolute Gasteiger partial charge is 0.276 e. The number of rotatable bonds is 5. The van der Waals surface area contributed by atoms with Crippen LogP contribution < -0.4 is 16.0 Å². The highest BCUT2D eigenvalue weighted by Crippen LogP contribution is 2.22. The fraction of sp³-hybridized carbons (Fsp3) is 0.0526. The fourth-order valence-corrected chi connectivity index (χ4v) is 2.84. The second-order valence-corrected chi connectivity index (χ2v) is 6.66. The van der Waals surface area contributed by atoms with Crippen molar-refractivity contribution in [3.05, 3.63) is 75.8 Å². The van der Waals surface area contributed by atoms with Crippen LogP contribution in [0.25, 0.3) is 0 Å². The van der Waals surface area contributed by atoms with Crippen molar-refractivity contribution >= 4 is 52.3 Å². The van der Waals surface area contributed by atoms with Gasteiger partial charge in [-0.3, -0.25) is 14.4 Å². The largest absolute Gasteiger partial charge is 0.354 e. The number of halogens is 2. The predicted molar refractivity (Wildman–Crippen MR) is 111 cm³/mol. The van der Waals surface area contributed by atoms with Gasteiger partial charge < -0.3 is 20.9 Å². The number of aromatic amines is 1. The lowest BCUT2D eigenvalue weighted by atomic mass is 10.2. The van der Waals surface area contributed by atoms with E-state index in [0.29, 0.717) is 16.4 Å².